The number of carbonyl (C=O) groups is 6. The van der Waals surface area contributed by atoms with E-state index in [1.54, 1.807) is 13.0 Å². The van der Waals surface area contributed by atoms with Gasteiger partial charge in [-0.2, -0.15) is 5.26 Å². The summed E-state index contributed by atoms with van der Waals surface area (Å²) in [6.45, 7) is 14.5. The molecule has 71 heavy (non-hydrogen) atoms. The van der Waals surface area contributed by atoms with E-state index in [2.05, 4.69) is 40.7 Å². The summed E-state index contributed by atoms with van der Waals surface area (Å²) < 4.78 is 28.1. The van der Waals surface area contributed by atoms with Gasteiger partial charge in [-0.15, -0.1) is 0 Å². The van der Waals surface area contributed by atoms with Gasteiger partial charge in [0, 0.05) is 36.7 Å². The number of carbonyl (C=O) groups excluding carboxylic acids is 6. The first-order valence-corrected chi connectivity index (χ1v) is 22.1. The Hall–Kier alpha value is -9.10. The van der Waals surface area contributed by atoms with Crippen LogP contribution >= 0.6 is 0 Å². The number of nitriles is 1. The molecular formula is C55H53N5O11. The molecule has 0 radical (unpaired) electrons. The Morgan fingerprint density at radius 2 is 1.30 bits per heavy atom. The molecule has 4 aromatic carbocycles. The Kier molecular flexibility index (Phi) is 19.3. The van der Waals surface area contributed by atoms with Gasteiger partial charge in [-0.3, -0.25) is 29.0 Å². The Labute approximate surface area is 411 Å². The van der Waals surface area contributed by atoms with Crippen LogP contribution in [0.15, 0.2) is 135 Å². The van der Waals surface area contributed by atoms with Crippen molar-refractivity contribution in [2.75, 3.05) is 50.0 Å². The minimum absolute atomic E-state index is 0.00109. The van der Waals surface area contributed by atoms with Crippen LogP contribution in [0.5, 0.6) is 23.0 Å². The molecule has 0 aliphatic heterocycles. The summed E-state index contributed by atoms with van der Waals surface area (Å²) in [7, 11) is 2.67. The number of ketones is 2. The van der Waals surface area contributed by atoms with E-state index in [1.165, 1.54) is 93.2 Å². The highest BCUT2D eigenvalue weighted by atomic mass is 16.5. The normalized spacial score (nSPS) is 11.1. The molecule has 0 spiro atoms. The number of ether oxygens (including phenoxy) is 5. The number of esters is 1. The second-order valence-electron chi connectivity index (χ2n) is 15.7. The lowest BCUT2D eigenvalue weighted by atomic mass is 9.96. The number of pyridine rings is 1. The Morgan fingerprint density at radius 1 is 0.704 bits per heavy atom. The maximum Gasteiger partial charge on any atom is 0.342 e. The number of Topliss-reactive ketones (excluding diaryl/α,β-unsaturated/α-hetero) is 2. The Bertz CT molecular complexity index is 2880. The van der Waals surface area contributed by atoms with Gasteiger partial charge < -0.3 is 39.6 Å². The second-order valence-corrected chi connectivity index (χ2v) is 15.7. The highest BCUT2D eigenvalue weighted by Crippen LogP contribution is 2.42. The maximum absolute atomic E-state index is 13.9. The zero-order chi connectivity index (χ0) is 51.5. The molecular weight excluding hydrogens is 907 g/mol. The number of amides is 3. The number of nitrogens with zero attached hydrogens (tertiary/aromatic N) is 2. The topological polar surface area (TPSA) is 221 Å². The number of rotatable bonds is 25. The van der Waals surface area contributed by atoms with E-state index in [0.29, 0.717) is 16.8 Å². The number of allylic oxidation sites excluding steroid dienone is 1. The van der Waals surface area contributed by atoms with Crippen LogP contribution in [0.3, 0.4) is 0 Å². The van der Waals surface area contributed by atoms with Crippen LogP contribution in [0.25, 0.3) is 6.08 Å². The first-order valence-electron chi connectivity index (χ1n) is 22.1. The number of aryl methyl sites for hydroxylation is 1. The molecule has 364 valence electrons. The lowest BCUT2D eigenvalue weighted by molar-refractivity contribution is -0.119. The van der Waals surface area contributed by atoms with Crippen LogP contribution in [0, 0.1) is 24.2 Å². The van der Waals surface area contributed by atoms with E-state index in [9.17, 15) is 34.0 Å². The molecule has 16 heteroatoms. The average Bonchev–Trinajstić information content (AvgIpc) is 3.37. The van der Waals surface area contributed by atoms with Gasteiger partial charge >= 0.3 is 5.97 Å². The summed E-state index contributed by atoms with van der Waals surface area (Å²) in [4.78, 5) is 84.1. The number of benzene rings is 4. The standard InChI is InChI=1S/C55H53N5O11/c1-8-27-69-48-41(54(65)60-45-24-21-42(55(66)71-29-10-3)49(51(45)68-7)70-28-9-2)20-23-44(50(48)67-6)59-52(63)38-16-18-40(19-17-38)58-53(64)39(25-26-56)32-47(62)43-22-15-37(33-57-43)31-46(61)35(5)30-36-13-11-34(4)12-14-36/h8-24,30,33,39H,1-3,25,27-29,31-32H2,4-7H3,(H,58,64)(H,59,63)(H,60,65)/b35-30+/t39-/m1/s1. The highest BCUT2D eigenvalue weighted by Gasteiger charge is 2.27. The van der Waals surface area contributed by atoms with Crippen molar-refractivity contribution in [2.45, 2.75) is 33.1 Å². The first kappa shape index (κ1) is 52.9. The Morgan fingerprint density at radius 3 is 1.86 bits per heavy atom. The third kappa shape index (κ3) is 14.2. The lowest BCUT2D eigenvalue weighted by Gasteiger charge is -2.20. The minimum atomic E-state index is -1.02. The van der Waals surface area contributed by atoms with Crippen LogP contribution in [-0.4, -0.2) is 74.3 Å². The van der Waals surface area contributed by atoms with Crippen LogP contribution in [0.4, 0.5) is 17.1 Å². The highest BCUT2D eigenvalue weighted by molar-refractivity contribution is 6.11. The van der Waals surface area contributed by atoms with E-state index < -0.39 is 35.4 Å². The van der Waals surface area contributed by atoms with Gasteiger partial charge in [-0.25, -0.2) is 4.79 Å². The monoisotopic (exact) mass is 959 g/mol. The fourth-order valence-electron chi connectivity index (χ4n) is 6.89. The van der Waals surface area contributed by atoms with Crippen LogP contribution in [0.2, 0.25) is 0 Å². The number of hydrogen-bond donors (Lipinski definition) is 3. The largest absolute Gasteiger partial charge is 0.491 e. The van der Waals surface area contributed by atoms with Crippen molar-refractivity contribution in [1.29, 1.82) is 5.26 Å². The third-order valence-corrected chi connectivity index (χ3v) is 10.5. The molecule has 5 rings (SSSR count). The number of aromatic nitrogens is 1. The zero-order valence-electron chi connectivity index (χ0n) is 39.8. The molecule has 0 aliphatic carbocycles. The van der Waals surface area contributed by atoms with Gasteiger partial charge in [-0.1, -0.05) is 73.9 Å². The maximum atomic E-state index is 13.9. The molecule has 5 aromatic rings. The molecule has 0 aliphatic rings. The van der Waals surface area contributed by atoms with Crippen molar-refractivity contribution in [3.63, 3.8) is 0 Å². The third-order valence-electron chi connectivity index (χ3n) is 10.5. The average molecular weight is 960 g/mol. The number of methoxy groups -OCH3 is 2. The van der Waals surface area contributed by atoms with Crippen LogP contribution in [0.1, 0.15) is 78.0 Å². The van der Waals surface area contributed by atoms with Gasteiger partial charge in [0.25, 0.3) is 11.8 Å². The van der Waals surface area contributed by atoms with E-state index in [-0.39, 0.29) is 102 Å². The van der Waals surface area contributed by atoms with Crippen LogP contribution < -0.4 is 34.9 Å². The first-order chi connectivity index (χ1) is 34.2. The molecule has 3 N–H and O–H groups in total. The van der Waals surface area contributed by atoms with Gasteiger partial charge in [0.1, 0.15) is 31.1 Å². The molecule has 0 fully saturated rings. The molecule has 1 aromatic heterocycles. The SMILES string of the molecule is C=CCOC(=O)c1ccc(NC(=O)c2ccc(NC(=O)c3ccc(NC(=O)[C@H](CC#N)CC(=O)c4ccc(CC(=O)/C(C)=C/c5ccc(C)cc5)cn4)cc3)c(OC)c2OCC=C)c(OC)c1OCC=C. The van der Waals surface area contributed by atoms with E-state index in [4.69, 9.17) is 23.7 Å². The predicted molar refractivity (Wildman–Crippen MR) is 269 cm³/mol. The Balaban J connectivity index is 1.25. The number of anilines is 3. The van der Waals surface area contributed by atoms with Crippen molar-refractivity contribution < 1.29 is 52.5 Å². The van der Waals surface area contributed by atoms with Crippen molar-refractivity contribution in [2.24, 2.45) is 5.92 Å². The second kappa shape index (κ2) is 25.9. The predicted octanol–water partition coefficient (Wildman–Crippen LogP) is 9.34. The summed E-state index contributed by atoms with van der Waals surface area (Å²) in [6, 6.07) is 24.5. The fraction of sp³-hybridized carbons (Fsp3) is 0.200. The van der Waals surface area contributed by atoms with Gasteiger partial charge in [-0.05, 0) is 91.2 Å². The lowest BCUT2D eigenvalue weighted by Crippen LogP contribution is -2.25. The number of hydrogen-bond acceptors (Lipinski definition) is 13. The van der Waals surface area contributed by atoms with Crippen molar-refractivity contribution in [1.82, 2.24) is 4.98 Å². The molecule has 16 nitrogen and oxygen atoms in total. The molecule has 3 amide bonds. The van der Waals surface area contributed by atoms with Crippen LogP contribution in [-0.2, 0) is 20.7 Å². The van der Waals surface area contributed by atoms with Gasteiger partial charge in [0.2, 0.25) is 5.91 Å². The quantitative estimate of drug-likeness (QED) is 0.0215. The summed E-state index contributed by atoms with van der Waals surface area (Å²) in [5.41, 5.74) is 4.11. The summed E-state index contributed by atoms with van der Waals surface area (Å²) in [5, 5.41) is 17.8. The molecule has 0 bridgehead atoms. The van der Waals surface area contributed by atoms with Gasteiger partial charge in [0.15, 0.2) is 34.6 Å². The molecule has 1 atom stereocenters. The van der Waals surface area contributed by atoms with Crippen molar-refractivity contribution in [3.05, 3.63) is 174 Å². The summed E-state index contributed by atoms with van der Waals surface area (Å²) in [6.07, 6.45) is 7.15. The minimum Gasteiger partial charge on any atom is -0.491 e. The molecule has 0 saturated heterocycles. The summed E-state index contributed by atoms with van der Waals surface area (Å²) >= 11 is 0. The summed E-state index contributed by atoms with van der Waals surface area (Å²) in [5.74, 6) is -4.11. The smallest absolute Gasteiger partial charge is 0.342 e. The van der Waals surface area contributed by atoms with E-state index >= 15 is 0 Å². The van der Waals surface area contributed by atoms with Crippen molar-refractivity contribution in [3.8, 4) is 29.1 Å². The zero-order valence-corrected chi connectivity index (χ0v) is 39.8. The fourth-order valence-corrected chi connectivity index (χ4v) is 6.89. The molecule has 0 unspecified atom stereocenters. The number of nitrogens with one attached hydrogen (secondary N) is 3. The van der Waals surface area contributed by atoms with E-state index in [1.807, 2.05) is 43.3 Å². The molecule has 0 saturated carbocycles. The van der Waals surface area contributed by atoms with E-state index in [0.717, 1.165) is 11.1 Å². The van der Waals surface area contributed by atoms with Crippen molar-refractivity contribution >= 4 is 58.4 Å². The van der Waals surface area contributed by atoms with Gasteiger partial charge in [0.05, 0.1) is 43.1 Å². The molecule has 1 heterocycles.